The molecule has 0 unspecified atom stereocenters. The number of hydrogen-bond acceptors (Lipinski definition) is 4. The zero-order chi connectivity index (χ0) is 12.4. The fraction of sp³-hybridized carbons (Fsp3) is 0.182. The molecule has 0 fully saturated rings. The second-order valence-corrected chi connectivity index (χ2v) is 5.96. The fourth-order valence-corrected chi connectivity index (χ4v) is 2.68. The van der Waals surface area contributed by atoms with Crippen molar-refractivity contribution in [3.63, 3.8) is 0 Å². The van der Waals surface area contributed by atoms with Gasteiger partial charge in [0.15, 0.2) is 11.6 Å². The van der Waals surface area contributed by atoms with E-state index in [4.69, 9.17) is 0 Å². The molecule has 0 aliphatic carbocycles. The number of carbonyl (C=O) groups is 2. The molecule has 2 aromatic heterocycles. The first-order valence-electron chi connectivity index (χ1n) is 4.87. The molecule has 0 amide bonds. The molecule has 0 saturated carbocycles. The highest BCUT2D eigenvalue weighted by Gasteiger charge is 2.16. The maximum Gasteiger partial charge on any atom is 0.190 e. The number of aryl methyl sites for hydroxylation is 1. The second kappa shape index (κ2) is 4.93. The van der Waals surface area contributed by atoms with Crippen LogP contribution in [-0.4, -0.2) is 21.3 Å². The Kier molecular flexibility index (Phi) is 3.54. The summed E-state index contributed by atoms with van der Waals surface area (Å²) in [5.74, 6) is -0.420. The second-order valence-electron chi connectivity index (χ2n) is 3.50. The standard InChI is InChI=1S/C11H9BrN2O2S/c1-14-5-4-7(13-14)8(15)6-9(16)10-2-3-11(12)17-10/h2-5H,6H2,1H3. The minimum absolute atomic E-state index is 0.135. The summed E-state index contributed by atoms with van der Waals surface area (Å²) in [6.45, 7) is 0. The lowest BCUT2D eigenvalue weighted by molar-refractivity contribution is 0.0893. The topological polar surface area (TPSA) is 52.0 Å². The van der Waals surface area contributed by atoms with Crippen molar-refractivity contribution < 1.29 is 9.59 Å². The largest absolute Gasteiger partial charge is 0.293 e. The van der Waals surface area contributed by atoms with Crippen LogP contribution in [0.2, 0.25) is 0 Å². The molecule has 0 bridgehead atoms. The van der Waals surface area contributed by atoms with Crippen molar-refractivity contribution in [1.29, 1.82) is 0 Å². The van der Waals surface area contributed by atoms with Crippen LogP contribution in [0.3, 0.4) is 0 Å². The van der Waals surface area contributed by atoms with E-state index < -0.39 is 0 Å². The Balaban J connectivity index is 2.07. The summed E-state index contributed by atoms with van der Waals surface area (Å²) in [4.78, 5) is 24.1. The minimum Gasteiger partial charge on any atom is -0.293 e. The van der Waals surface area contributed by atoms with Crippen molar-refractivity contribution in [2.45, 2.75) is 6.42 Å². The summed E-state index contributed by atoms with van der Waals surface area (Å²) >= 11 is 4.61. The van der Waals surface area contributed by atoms with Crippen LogP contribution in [0.5, 0.6) is 0 Å². The summed E-state index contributed by atoms with van der Waals surface area (Å²) in [6.07, 6.45) is 1.55. The van der Waals surface area contributed by atoms with Gasteiger partial charge in [-0.15, -0.1) is 11.3 Å². The van der Waals surface area contributed by atoms with Gasteiger partial charge in [0.05, 0.1) is 15.1 Å². The van der Waals surface area contributed by atoms with Crippen molar-refractivity contribution in [2.75, 3.05) is 0 Å². The molecule has 6 heteroatoms. The van der Waals surface area contributed by atoms with Crippen LogP contribution in [0.1, 0.15) is 26.6 Å². The average molecular weight is 313 g/mol. The van der Waals surface area contributed by atoms with Gasteiger partial charge in [-0.25, -0.2) is 0 Å². The number of aromatic nitrogens is 2. The number of Topliss-reactive ketones (excluding diaryl/α,β-unsaturated/α-hetero) is 2. The highest BCUT2D eigenvalue weighted by atomic mass is 79.9. The summed E-state index contributed by atoms with van der Waals surface area (Å²) in [6, 6.07) is 5.12. The maximum absolute atomic E-state index is 11.8. The van der Waals surface area contributed by atoms with Gasteiger partial charge in [-0.1, -0.05) is 0 Å². The number of carbonyl (C=O) groups excluding carboxylic acids is 2. The van der Waals surface area contributed by atoms with Crippen LogP contribution in [0, 0.1) is 0 Å². The predicted octanol–water partition coefficient (Wildman–Crippen LogP) is 2.70. The number of ketones is 2. The SMILES string of the molecule is Cn1ccc(C(=O)CC(=O)c2ccc(Br)s2)n1. The first-order chi connectivity index (χ1) is 8.06. The van der Waals surface area contributed by atoms with Gasteiger partial charge in [0.2, 0.25) is 0 Å². The number of halogens is 1. The normalized spacial score (nSPS) is 10.5. The third-order valence-corrected chi connectivity index (χ3v) is 3.83. The average Bonchev–Trinajstić information content (AvgIpc) is 2.87. The predicted molar refractivity (Wildman–Crippen MR) is 68.5 cm³/mol. The Hall–Kier alpha value is -1.27. The number of nitrogens with zero attached hydrogens (tertiary/aromatic N) is 2. The molecular formula is C11H9BrN2O2S. The highest BCUT2D eigenvalue weighted by Crippen LogP contribution is 2.23. The Labute approximate surface area is 110 Å². The molecule has 2 rings (SSSR count). The van der Waals surface area contributed by atoms with E-state index in [1.54, 1.807) is 36.1 Å². The summed E-state index contributed by atoms with van der Waals surface area (Å²) in [5.41, 5.74) is 0.330. The Morgan fingerprint density at radius 3 is 2.65 bits per heavy atom. The molecule has 0 N–H and O–H groups in total. The molecule has 0 aliphatic rings. The lowest BCUT2D eigenvalue weighted by Crippen LogP contribution is -2.08. The van der Waals surface area contributed by atoms with Crippen molar-refractivity contribution in [1.82, 2.24) is 9.78 Å². The summed E-state index contributed by atoms with van der Waals surface area (Å²) in [5, 5.41) is 3.97. The Morgan fingerprint density at radius 2 is 2.12 bits per heavy atom. The van der Waals surface area contributed by atoms with Crippen LogP contribution in [0.4, 0.5) is 0 Å². The van der Waals surface area contributed by atoms with Gasteiger partial charge in [0.1, 0.15) is 5.69 Å². The van der Waals surface area contributed by atoms with Gasteiger partial charge in [0.25, 0.3) is 0 Å². The molecule has 0 radical (unpaired) electrons. The molecule has 2 aromatic rings. The van der Waals surface area contributed by atoms with E-state index in [-0.39, 0.29) is 18.0 Å². The lowest BCUT2D eigenvalue weighted by Gasteiger charge is -1.95. The molecule has 0 spiro atoms. The molecule has 88 valence electrons. The van der Waals surface area contributed by atoms with Crippen LogP contribution >= 0.6 is 27.3 Å². The molecule has 4 nitrogen and oxygen atoms in total. The third-order valence-electron chi connectivity index (χ3n) is 2.17. The molecular weight excluding hydrogens is 304 g/mol. The Bertz CT molecular complexity index is 523. The van der Waals surface area contributed by atoms with Crippen LogP contribution < -0.4 is 0 Å². The van der Waals surface area contributed by atoms with Crippen molar-refractivity contribution in [3.05, 3.63) is 38.8 Å². The van der Waals surface area contributed by atoms with E-state index in [0.29, 0.717) is 10.6 Å². The van der Waals surface area contributed by atoms with Gasteiger partial charge in [0, 0.05) is 13.2 Å². The van der Waals surface area contributed by atoms with Gasteiger partial charge in [-0.2, -0.15) is 5.10 Å². The molecule has 2 heterocycles. The monoisotopic (exact) mass is 312 g/mol. The quantitative estimate of drug-likeness (QED) is 0.644. The first kappa shape index (κ1) is 12.2. The zero-order valence-electron chi connectivity index (χ0n) is 9.01. The lowest BCUT2D eigenvalue weighted by atomic mass is 10.1. The first-order valence-corrected chi connectivity index (χ1v) is 6.48. The van der Waals surface area contributed by atoms with E-state index in [1.807, 2.05) is 0 Å². The van der Waals surface area contributed by atoms with Crippen molar-refractivity contribution in [2.24, 2.45) is 7.05 Å². The number of hydrogen-bond donors (Lipinski definition) is 0. The van der Waals surface area contributed by atoms with E-state index in [9.17, 15) is 9.59 Å². The van der Waals surface area contributed by atoms with Crippen LogP contribution in [0.25, 0.3) is 0 Å². The van der Waals surface area contributed by atoms with E-state index >= 15 is 0 Å². The van der Waals surface area contributed by atoms with E-state index in [2.05, 4.69) is 21.0 Å². The third kappa shape index (κ3) is 2.89. The highest BCUT2D eigenvalue weighted by molar-refractivity contribution is 9.11. The Morgan fingerprint density at radius 1 is 1.35 bits per heavy atom. The summed E-state index contributed by atoms with van der Waals surface area (Å²) < 4.78 is 2.42. The van der Waals surface area contributed by atoms with Crippen molar-refractivity contribution >= 4 is 38.8 Å². The van der Waals surface area contributed by atoms with Gasteiger partial charge >= 0.3 is 0 Å². The van der Waals surface area contributed by atoms with Crippen LogP contribution in [-0.2, 0) is 7.05 Å². The minimum atomic E-state index is -0.250. The van der Waals surface area contributed by atoms with Gasteiger partial charge in [-0.3, -0.25) is 14.3 Å². The molecule has 0 atom stereocenters. The van der Waals surface area contributed by atoms with E-state index in [1.165, 1.54) is 11.3 Å². The molecule has 17 heavy (non-hydrogen) atoms. The maximum atomic E-state index is 11.8. The van der Waals surface area contributed by atoms with Crippen LogP contribution in [0.15, 0.2) is 28.2 Å². The van der Waals surface area contributed by atoms with E-state index in [0.717, 1.165) is 3.79 Å². The summed E-state index contributed by atoms with van der Waals surface area (Å²) in [7, 11) is 1.73. The van der Waals surface area contributed by atoms with Crippen molar-refractivity contribution in [3.8, 4) is 0 Å². The smallest absolute Gasteiger partial charge is 0.190 e. The van der Waals surface area contributed by atoms with Gasteiger partial charge < -0.3 is 0 Å². The molecule has 0 saturated heterocycles. The molecule has 0 aromatic carbocycles. The zero-order valence-corrected chi connectivity index (χ0v) is 11.4. The number of rotatable bonds is 4. The molecule has 0 aliphatic heterocycles. The number of thiophene rings is 1. The fourth-order valence-electron chi connectivity index (χ4n) is 1.35. The van der Waals surface area contributed by atoms with Gasteiger partial charge in [-0.05, 0) is 34.1 Å².